The quantitative estimate of drug-likeness (QED) is 0.648. The lowest BCUT2D eigenvalue weighted by Crippen LogP contribution is -2.51. The van der Waals surface area contributed by atoms with E-state index >= 15 is 0 Å². The number of nitrogens with one attached hydrogen (secondary N) is 3. The normalized spacial score (nSPS) is 29.3. The summed E-state index contributed by atoms with van der Waals surface area (Å²) in [6.45, 7) is 1.71. The summed E-state index contributed by atoms with van der Waals surface area (Å²) in [6, 6.07) is -0.980. The van der Waals surface area contributed by atoms with Crippen LogP contribution in [0.3, 0.4) is 0 Å². The van der Waals surface area contributed by atoms with Crippen LogP contribution in [0.15, 0.2) is 0 Å². The van der Waals surface area contributed by atoms with Crippen LogP contribution in [0, 0.1) is 5.92 Å². The van der Waals surface area contributed by atoms with Crippen LogP contribution in [0.2, 0.25) is 0 Å². The molecule has 0 aromatic rings. The number of hydrogen-bond acceptors (Lipinski definition) is 7. The van der Waals surface area contributed by atoms with E-state index in [1.807, 2.05) is 0 Å². The highest BCUT2D eigenvalue weighted by molar-refractivity contribution is 8.00. The minimum atomic E-state index is -4.43. The molecule has 12 heteroatoms. The first-order valence-corrected chi connectivity index (χ1v) is 9.66. The molecule has 142 valence electrons. The molecule has 0 radical (unpaired) electrons. The van der Waals surface area contributed by atoms with Crippen LogP contribution < -0.4 is 16.0 Å². The number of ether oxygens (including phenoxy) is 1. The highest BCUT2D eigenvalue weighted by Gasteiger charge is 2.47. The first-order valence-electron chi connectivity index (χ1n) is 7.56. The Bertz CT molecular complexity index is 535. The Hall–Kier alpha value is -1.14. The smallest absolute Gasteiger partial charge is 0.413 e. The lowest BCUT2D eigenvalue weighted by Gasteiger charge is -2.21. The lowest BCUT2D eigenvalue weighted by molar-refractivity contribution is -0.136. The van der Waals surface area contributed by atoms with Crippen molar-refractivity contribution >= 4 is 41.4 Å². The van der Waals surface area contributed by atoms with Gasteiger partial charge in [-0.3, -0.25) is 20.2 Å². The topological polar surface area (TPSA) is 96.5 Å². The average Bonchev–Trinajstić information content (AvgIpc) is 3.15. The van der Waals surface area contributed by atoms with Gasteiger partial charge in [-0.25, -0.2) is 4.79 Å². The van der Waals surface area contributed by atoms with Crippen molar-refractivity contribution in [2.24, 2.45) is 5.92 Å². The monoisotopic (exact) mass is 401 g/mol. The van der Waals surface area contributed by atoms with Gasteiger partial charge in [0.1, 0.15) is 0 Å². The minimum Gasteiger partial charge on any atom is -0.450 e. The SMILES string of the molecule is CCOC(=O)NC(=O)C1CCSC1NC(=O)C1CSC(C(F)(F)F)N1. The molecule has 2 saturated heterocycles. The molecule has 25 heavy (non-hydrogen) atoms. The van der Waals surface area contributed by atoms with Crippen molar-refractivity contribution in [1.82, 2.24) is 16.0 Å². The molecular formula is C13H18F3N3O4S2. The summed E-state index contributed by atoms with van der Waals surface area (Å²) < 4.78 is 42.5. The van der Waals surface area contributed by atoms with Gasteiger partial charge >= 0.3 is 12.3 Å². The van der Waals surface area contributed by atoms with Gasteiger partial charge in [-0.05, 0) is 19.1 Å². The predicted octanol–water partition coefficient (Wildman–Crippen LogP) is 1.05. The number of carbonyl (C=O) groups excluding carboxylic acids is 3. The van der Waals surface area contributed by atoms with E-state index < -0.39 is 46.8 Å². The Morgan fingerprint density at radius 2 is 1.96 bits per heavy atom. The van der Waals surface area contributed by atoms with E-state index in [-0.39, 0.29) is 12.4 Å². The molecule has 0 aromatic heterocycles. The van der Waals surface area contributed by atoms with Crippen LogP contribution >= 0.6 is 23.5 Å². The number of hydrogen-bond donors (Lipinski definition) is 3. The molecule has 4 unspecified atom stereocenters. The van der Waals surface area contributed by atoms with Gasteiger partial charge in [-0.1, -0.05) is 0 Å². The maximum absolute atomic E-state index is 12.6. The highest BCUT2D eigenvalue weighted by atomic mass is 32.2. The molecule has 7 nitrogen and oxygen atoms in total. The van der Waals surface area contributed by atoms with Gasteiger partial charge in [0, 0.05) is 5.75 Å². The Morgan fingerprint density at radius 3 is 2.56 bits per heavy atom. The number of alkyl halides is 3. The van der Waals surface area contributed by atoms with Crippen LogP contribution in [0.25, 0.3) is 0 Å². The molecule has 2 rings (SSSR count). The van der Waals surface area contributed by atoms with Gasteiger partial charge in [0.25, 0.3) is 0 Å². The van der Waals surface area contributed by atoms with Crippen LogP contribution in [0.1, 0.15) is 13.3 Å². The summed E-state index contributed by atoms with van der Waals surface area (Å²) in [6.07, 6.45) is -4.85. The molecule has 0 aromatic carbocycles. The molecule has 2 heterocycles. The second-order valence-corrected chi connectivity index (χ2v) is 7.77. The maximum atomic E-state index is 12.6. The number of imide groups is 1. The number of rotatable bonds is 4. The van der Waals surface area contributed by atoms with Crippen molar-refractivity contribution in [2.45, 2.75) is 36.3 Å². The van der Waals surface area contributed by atoms with E-state index in [9.17, 15) is 27.6 Å². The van der Waals surface area contributed by atoms with Crippen LogP contribution in [-0.4, -0.2) is 59.0 Å². The van der Waals surface area contributed by atoms with Gasteiger partial charge in [0.05, 0.1) is 23.9 Å². The molecule has 0 bridgehead atoms. The van der Waals surface area contributed by atoms with E-state index in [1.165, 1.54) is 11.8 Å². The highest BCUT2D eigenvalue weighted by Crippen LogP contribution is 2.34. The van der Waals surface area contributed by atoms with Crippen molar-refractivity contribution in [3.8, 4) is 0 Å². The van der Waals surface area contributed by atoms with E-state index in [0.29, 0.717) is 23.9 Å². The molecule has 0 saturated carbocycles. The molecule has 2 fully saturated rings. The molecule has 0 aliphatic carbocycles. The second-order valence-electron chi connectivity index (χ2n) is 5.38. The largest absolute Gasteiger partial charge is 0.450 e. The van der Waals surface area contributed by atoms with Gasteiger partial charge < -0.3 is 10.1 Å². The number of amides is 3. The third kappa shape index (κ3) is 5.42. The summed E-state index contributed by atoms with van der Waals surface area (Å²) in [5.74, 6) is -1.23. The number of carbonyl (C=O) groups is 3. The van der Waals surface area contributed by atoms with Crippen molar-refractivity contribution in [3.63, 3.8) is 0 Å². The Balaban J connectivity index is 1.87. The van der Waals surface area contributed by atoms with Gasteiger partial charge in [0.15, 0.2) is 5.37 Å². The molecule has 2 aliphatic rings. The van der Waals surface area contributed by atoms with Crippen LogP contribution in [-0.2, 0) is 14.3 Å². The number of alkyl carbamates (subject to hydrolysis) is 1. The van der Waals surface area contributed by atoms with E-state index in [2.05, 4.69) is 20.7 Å². The average molecular weight is 401 g/mol. The molecule has 3 N–H and O–H groups in total. The minimum absolute atomic E-state index is 0.00686. The predicted molar refractivity (Wildman–Crippen MR) is 86.9 cm³/mol. The zero-order valence-electron chi connectivity index (χ0n) is 13.2. The first-order chi connectivity index (χ1) is 11.7. The standard InChI is InChI=1S/C13H18F3N3O4S2/c1-2-23-12(22)19-8(20)6-3-4-24-10(6)18-9(21)7-5-25-11(17-7)13(14,15)16/h6-7,10-11,17H,2-5H2,1H3,(H,18,21)(H,19,20,22). The zero-order valence-corrected chi connectivity index (χ0v) is 14.9. The summed E-state index contributed by atoms with van der Waals surface area (Å²) in [5.41, 5.74) is 0. The van der Waals surface area contributed by atoms with Gasteiger partial charge in [-0.15, -0.1) is 23.5 Å². The van der Waals surface area contributed by atoms with Crippen LogP contribution in [0.4, 0.5) is 18.0 Å². The summed E-state index contributed by atoms with van der Waals surface area (Å²) in [5, 5.41) is 4.55. The van der Waals surface area contributed by atoms with Gasteiger partial charge in [-0.2, -0.15) is 13.2 Å². The molecule has 4 atom stereocenters. The fourth-order valence-corrected chi connectivity index (χ4v) is 4.83. The fourth-order valence-electron chi connectivity index (χ4n) is 2.41. The summed E-state index contributed by atoms with van der Waals surface area (Å²) in [4.78, 5) is 35.6. The first kappa shape index (κ1) is 20.2. The molecule has 0 spiro atoms. The third-order valence-corrected chi connectivity index (χ3v) is 6.15. The lowest BCUT2D eigenvalue weighted by atomic mass is 10.1. The third-order valence-electron chi connectivity index (χ3n) is 3.61. The Labute approximate surface area is 150 Å². The number of thioether (sulfide) groups is 2. The maximum Gasteiger partial charge on any atom is 0.413 e. The summed E-state index contributed by atoms with van der Waals surface area (Å²) >= 11 is 1.93. The fraction of sp³-hybridized carbons (Fsp3) is 0.769. The van der Waals surface area contributed by atoms with Crippen molar-refractivity contribution < 1.29 is 32.3 Å². The number of halogens is 3. The van der Waals surface area contributed by atoms with Crippen molar-refractivity contribution in [1.29, 1.82) is 0 Å². The zero-order chi connectivity index (χ0) is 18.6. The second kappa shape index (κ2) is 8.49. The van der Waals surface area contributed by atoms with Crippen molar-refractivity contribution in [2.75, 3.05) is 18.1 Å². The van der Waals surface area contributed by atoms with Crippen LogP contribution in [0.5, 0.6) is 0 Å². The van der Waals surface area contributed by atoms with E-state index in [1.54, 1.807) is 6.92 Å². The van der Waals surface area contributed by atoms with E-state index in [0.717, 1.165) is 0 Å². The molecular weight excluding hydrogens is 383 g/mol. The Morgan fingerprint density at radius 1 is 1.24 bits per heavy atom. The Kier molecular flexibility index (Phi) is 6.86. The van der Waals surface area contributed by atoms with E-state index in [4.69, 9.17) is 0 Å². The van der Waals surface area contributed by atoms with Gasteiger partial charge in [0.2, 0.25) is 11.8 Å². The molecule has 3 amide bonds. The van der Waals surface area contributed by atoms with Crippen molar-refractivity contribution in [3.05, 3.63) is 0 Å². The summed E-state index contributed by atoms with van der Waals surface area (Å²) in [7, 11) is 0. The molecule has 2 aliphatic heterocycles.